The van der Waals surface area contributed by atoms with Crippen LogP contribution >= 0.6 is 12.4 Å². The first-order chi connectivity index (χ1) is 15.8. The minimum absolute atomic E-state index is 0. The Hall–Kier alpha value is -3.95. The number of methoxy groups -OCH3 is 1. The van der Waals surface area contributed by atoms with E-state index in [-0.39, 0.29) is 12.4 Å². The number of ether oxygens (including phenoxy) is 1. The summed E-state index contributed by atoms with van der Waals surface area (Å²) in [6.45, 7) is 0. The molecule has 160 valence electrons. The molecule has 0 amide bonds. The summed E-state index contributed by atoms with van der Waals surface area (Å²) < 4.78 is 5.38. The van der Waals surface area contributed by atoms with Crippen molar-refractivity contribution in [2.45, 2.75) is 0 Å². The normalized spacial score (nSPS) is 10.9. The lowest BCUT2D eigenvalue weighted by molar-refractivity contribution is 0.415. The zero-order chi connectivity index (χ0) is 21.5. The third kappa shape index (κ3) is 3.57. The molecule has 0 aliphatic rings. The molecule has 0 fully saturated rings. The maximum Gasteiger partial charge on any atom is 0.118 e. The smallest absolute Gasteiger partial charge is 0.118 e. The molecule has 0 bridgehead atoms. The van der Waals surface area contributed by atoms with Gasteiger partial charge < -0.3 is 4.74 Å². The van der Waals surface area contributed by atoms with Gasteiger partial charge in [0.25, 0.3) is 0 Å². The summed E-state index contributed by atoms with van der Waals surface area (Å²) in [6.07, 6.45) is 1.89. The van der Waals surface area contributed by atoms with Crippen LogP contribution in [-0.2, 0) is 0 Å². The van der Waals surface area contributed by atoms with Crippen molar-refractivity contribution in [2.75, 3.05) is 7.11 Å². The van der Waals surface area contributed by atoms with Gasteiger partial charge in [0, 0.05) is 16.3 Å². The van der Waals surface area contributed by atoms with E-state index < -0.39 is 0 Å². The number of pyridine rings is 2. The third-order valence-corrected chi connectivity index (χ3v) is 6.01. The van der Waals surface area contributed by atoms with Crippen LogP contribution in [0.1, 0.15) is 0 Å². The molecular weight excluding hydrogens is 428 g/mol. The molecule has 4 aromatic carbocycles. The summed E-state index contributed by atoms with van der Waals surface area (Å²) in [4.78, 5) is 9.76. The first kappa shape index (κ1) is 20.9. The van der Waals surface area contributed by atoms with Gasteiger partial charge in [-0.3, -0.25) is 4.98 Å². The third-order valence-electron chi connectivity index (χ3n) is 6.01. The molecular formula is C29H21ClN2O. The zero-order valence-corrected chi connectivity index (χ0v) is 18.8. The SMILES string of the molecule is COc1ccc(-c2cc(-c3cccc4ccccc34)nc3cnc4ccccc4c23)cc1.Cl. The summed E-state index contributed by atoms with van der Waals surface area (Å²) in [5.41, 5.74) is 6.18. The molecule has 0 saturated heterocycles. The lowest BCUT2D eigenvalue weighted by Crippen LogP contribution is -1.93. The maximum atomic E-state index is 5.38. The Morgan fingerprint density at radius 3 is 2.21 bits per heavy atom. The van der Waals surface area contributed by atoms with E-state index in [1.807, 2.05) is 30.5 Å². The lowest BCUT2D eigenvalue weighted by Gasteiger charge is -2.14. The molecule has 0 radical (unpaired) electrons. The predicted octanol–water partition coefficient (Wildman–Crippen LogP) is 7.70. The summed E-state index contributed by atoms with van der Waals surface area (Å²) in [7, 11) is 1.69. The average molecular weight is 449 g/mol. The first-order valence-corrected chi connectivity index (χ1v) is 10.6. The molecule has 0 unspecified atom stereocenters. The van der Waals surface area contributed by atoms with E-state index in [0.29, 0.717) is 0 Å². The summed E-state index contributed by atoms with van der Waals surface area (Å²) in [6, 6.07) is 33.5. The maximum absolute atomic E-state index is 5.38. The Balaban J connectivity index is 0.00000228. The van der Waals surface area contributed by atoms with Crippen molar-refractivity contribution < 1.29 is 4.74 Å². The van der Waals surface area contributed by atoms with Crippen molar-refractivity contribution in [3.8, 4) is 28.1 Å². The zero-order valence-electron chi connectivity index (χ0n) is 18.0. The second-order valence-electron chi connectivity index (χ2n) is 7.85. The topological polar surface area (TPSA) is 35.0 Å². The number of rotatable bonds is 3. The second-order valence-corrected chi connectivity index (χ2v) is 7.85. The van der Waals surface area contributed by atoms with Crippen LogP contribution in [0.4, 0.5) is 0 Å². The van der Waals surface area contributed by atoms with Crippen molar-refractivity contribution >= 4 is 45.0 Å². The molecule has 2 heterocycles. The first-order valence-electron chi connectivity index (χ1n) is 10.6. The number of hydrogen-bond acceptors (Lipinski definition) is 3. The van der Waals surface area contributed by atoms with Crippen molar-refractivity contribution in [3.63, 3.8) is 0 Å². The average Bonchev–Trinajstić information content (AvgIpc) is 2.87. The van der Waals surface area contributed by atoms with Gasteiger partial charge in [-0.1, -0.05) is 72.8 Å². The Morgan fingerprint density at radius 1 is 0.667 bits per heavy atom. The molecule has 33 heavy (non-hydrogen) atoms. The van der Waals surface area contributed by atoms with Gasteiger partial charge in [0.2, 0.25) is 0 Å². The fourth-order valence-electron chi connectivity index (χ4n) is 4.45. The molecule has 6 aromatic rings. The van der Waals surface area contributed by atoms with Crippen LogP contribution in [0.25, 0.3) is 55.0 Å². The number of benzene rings is 4. The molecule has 0 aliphatic carbocycles. The summed E-state index contributed by atoms with van der Waals surface area (Å²) in [5.74, 6) is 0.841. The van der Waals surface area contributed by atoms with Crippen molar-refractivity contribution in [2.24, 2.45) is 0 Å². The highest BCUT2D eigenvalue weighted by Crippen LogP contribution is 2.37. The number of aromatic nitrogens is 2. The Kier molecular flexibility index (Phi) is 5.41. The van der Waals surface area contributed by atoms with Gasteiger partial charge in [0.15, 0.2) is 0 Å². The summed E-state index contributed by atoms with van der Waals surface area (Å²) in [5, 5.41) is 4.61. The number of hydrogen-bond donors (Lipinski definition) is 0. The highest BCUT2D eigenvalue weighted by Gasteiger charge is 2.14. The van der Waals surface area contributed by atoms with E-state index >= 15 is 0 Å². The van der Waals surface area contributed by atoms with Gasteiger partial charge in [0.1, 0.15) is 5.75 Å². The Bertz CT molecular complexity index is 1610. The van der Waals surface area contributed by atoms with E-state index in [4.69, 9.17) is 9.72 Å². The van der Waals surface area contributed by atoms with Crippen molar-refractivity contribution in [1.82, 2.24) is 9.97 Å². The largest absolute Gasteiger partial charge is 0.497 e. The molecule has 0 aliphatic heterocycles. The predicted molar refractivity (Wildman–Crippen MR) is 139 cm³/mol. The second kappa shape index (κ2) is 8.53. The molecule has 0 atom stereocenters. The number of fused-ring (bicyclic) bond motifs is 4. The minimum atomic E-state index is 0. The van der Waals surface area contributed by atoms with Gasteiger partial charge in [-0.15, -0.1) is 12.4 Å². The van der Waals surface area contributed by atoms with Gasteiger partial charge >= 0.3 is 0 Å². The summed E-state index contributed by atoms with van der Waals surface area (Å²) >= 11 is 0. The number of para-hydroxylation sites is 1. The fourth-order valence-corrected chi connectivity index (χ4v) is 4.45. The van der Waals surface area contributed by atoms with Crippen LogP contribution in [0.5, 0.6) is 5.75 Å². The van der Waals surface area contributed by atoms with E-state index in [1.165, 1.54) is 10.8 Å². The number of halogens is 1. The van der Waals surface area contributed by atoms with Crippen LogP contribution in [0.2, 0.25) is 0 Å². The lowest BCUT2D eigenvalue weighted by atomic mass is 9.95. The van der Waals surface area contributed by atoms with Gasteiger partial charge in [0.05, 0.1) is 30.0 Å². The van der Waals surface area contributed by atoms with Crippen molar-refractivity contribution in [1.29, 1.82) is 0 Å². The molecule has 4 heteroatoms. The van der Waals surface area contributed by atoms with E-state index in [9.17, 15) is 0 Å². The quantitative estimate of drug-likeness (QED) is 0.260. The van der Waals surface area contributed by atoms with Crippen LogP contribution in [0.15, 0.2) is 103 Å². The molecule has 0 saturated carbocycles. The molecule has 3 nitrogen and oxygen atoms in total. The van der Waals surface area contributed by atoms with E-state index in [2.05, 4.69) is 77.8 Å². The molecule has 0 spiro atoms. The highest BCUT2D eigenvalue weighted by atomic mass is 35.5. The Morgan fingerprint density at radius 2 is 1.39 bits per heavy atom. The van der Waals surface area contributed by atoms with Gasteiger partial charge in [-0.05, 0) is 46.2 Å². The van der Waals surface area contributed by atoms with E-state index in [0.717, 1.165) is 49.9 Å². The monoisotopic (exact) mass is 448 g/mol. The van der Waals surface area contributed by atoms with Gasteiger partial charge in [-0.25, -0.2) is 4.98 Å². The molecule has 2 aromatic heterocycles. The van der Waals surface area contributed by atoms with E-state index in [1.54, 1.807) is 7.11 Å². The fraction of sp³-hybridized carbons (Fsp3) is 0.0345. The number of nitrogens with zero attached hydrogens (tertiary/aromatic N) is 2. The molecule has 6 rings (SSSR count). The highest BCUT2D eigenvalue weighted by molar-refractivity contribution is 6.13. The van der Waals surface area contributed by atoms with Crippen LogP contribution in [0.3, 0.4) is 0 Å². The standard InChI is InChI=1S/C29H20N2O.ClH/c1-32-21-15-13-20(14-16-21)25-17-27(23-11-6-8-19-7-2-3-9-22(19)23)31-28-18-30-26-12-5-4-10-24(26)29(25)28;/h2-18H,1H3;1H. The minimum Gasteiger partial charge on any atom is -0.497 e. The van der Waals surface area contributed by atoms with Crippen LogP contribution < -0.4 is 4.74 Å². The van der Waals surface area contributed by atoms with Crippen molar-refractivity contribution in [3.05, 3.63) is 103 Å². The Labute approximate surface area is 198 Å². The molecule has 0 N–H and O–H groups in total. The van der Waals surface area contributed by atoms with Crippen LogP contribution in [-0.4, -0.2) is 17.1 Å². The van der Waals surface area contributed by atoms with Gasteiger partial charge in [-0.2, -0.15) is 0 Å². The van der Waals surface area contributed by atoms with Crippen LogP contribution in [0, 0.1) is 0 Å².